The smallest absolute Gasteiger partial charge is 0.183 e. The second kappa shape index (κ2) is 8.54. The zero-order valence-electron chi connectivity index (χ0n) is 11.9. The van der Waals surface area contributed by atoms with E-state index >= 15 is 0 Å². The van der Waals surface area contributed by atoms with Gasteiger partial charge in [0, 0.05) is 6.42 Å². The van der Waals surface area contributed by atoms with E-state index in [4.69, 9.17) is 4.74 Å². The van der Waals surface area contributed by atoms with Gasteiger partial charge in [0.1, 0.15) is 6.61 Å². The quantitative estimate of drug-likeness (QED) is 0.540. The topological polar surface area (TPSA) is 21.6 Å². The predicted molar refractivity (Wildman–Crippen MR) is 74.6 cm³/mol. The van der Waals surface area contributed by atoms with Gasteiger partial charge in [0.15, 0.2) is 5.90 Å². The average molecular weight is 239 g/mol. The molecule has 0 spiro atoms. The molecule has 2 heteroatoms. The Hall–Kier alpha value is -0.530. The summed E-state index contributed by atoms with van der Waals surface area (Å²) in [5.74, 6) is 1.72. The van der Waals surface area contributed by atoms with Crippen LogP contribution in [0.5, 0.6) is 0 Å². The predicted octanol–water partition coefficient (Wildman–Crippen LogP) is 4.58. The molecule has 17 heavy (non-hydrogen) atoms. The average Bonchev–Trinajstić information content (AvgIpc) is 2.69. The summed E-state index contributed by atoms with van der Waals surface area (Å²) < 4.78 is 5.55. The second-order valence-electron chi connectivity index (χ2n) is 5.55. The summed E-state index contributed by atoms with van der Waals surface area (Å²) >= 11 is 0. The van der Waals surface area contributed by atoms with Crippen LogP contribution in [0, 0.1) is 5.92 Å². The Morgan fingerprint density at radius 1 is 1.24 bits per heavy atom. The van der Waals surface area contributed by atoms with Crippen LogP contribution in [0.2, 0.25) is 0 Å². The number of hydrogen-bond acceptors (Lipinski definition) is 2. The van der Waals surface area contributed by atoms with E-state index < -0.39 is 0 Å². The van der Waals surface area contributed by atoms with Crippen LogP contribution < -0.4 is 0 Å². The summed E-state index contributed by atoms with van der Waals surface area (Å²) in [7, 11) is 0. The van der Waals surface area contributed by atoms with Gasteiger partial charge in [0.05, 0.1) is 6.04 Å². The van der Waals surface area contributed by atoms with Crippen LogP contribution in [-0.4, -0.2) is 18.5 Å². The van der Waals surface area contributed by atoms with E-state index in [-0.39, 0.29) is 0 Å². The molecular weight excluding hydrogens is 210 g/mol. The van der Waals surface area contributed by atoms with Gasteiger partial charge in [-0.1, -0.05) is 58.8 Å². The molecule has 0 aromatic rings. The molecule has 0 radical (unpaired) electrons. The standard InChI is InChI=1S/C15H29NO/c1-4-5-6-7-8-9-10-13(2)11-15-16-14(3)12-17-15/h13-14H,4-12H2,1-3H3. The van der Waals surface area contributed by atoms with Crippen LogP contribution in [0.15, 0.2) is 4.99 Å². The lowest BCUT2D eigenvalue weighted by Gasteiger charge is -2.10. The lowest BCUT2D eigenvalue weighted by Crippen LogP contribution is -2.06. The van der Waals surface area contributed by atoms with Crippen molar-refractivity contribution in [3.05, 3.63) is 0 Å². The molecule has 0 aromatic heterocycles. The van der Waals surface area contributed by atoms with Crippen molar-refractivity contribution in [2.45, 2.75) is 78.2 Å². The van der Waals surface area contributed by atoms with Crippen molar-refractivity contribution in [3.8, 4) is 0 Å². The molecule has 0 N–H and O–H groups in total. The number of ether oxygens (including phenoxy) is 1. The van der Waals surface area contributed by atoms with E-state index in [0.717, 1.165) is 24.8 Å². The Balaban J connectivity index is 1.98. The van der Waals surface area contributed by atoms with Crippen molar-refractivity contribution in [2.24, 2.45) is 10.9 Å². The molecule has 2 nitrogen and oxygen atoms in total. The third kappa shape index (κ3) is 6.70. The lowest BCUT2D eigenvalue weighted by atomic mass is 9.99. The highest BCUT2D eigenvalue weighted by Crippen LogP contribution is 2.18. The van der Waals surface area contributed by atoms with Gasteiger partial charge in [-0.2, -0.15) is 0 Å². The van der Waals surface area contributed by atoms with Gasteiger partial charge in [0.25, 0.3) is 0 Å². The maximum absolute atomic E-state index is 5.55. The molecule has 100 valence electrons. The van der Waals surface area contributed by atoms with Crippen molar-refractivity contribution >= 4 is 5.90 Å². The third-order valence-corrected chi connectivity index (χ3v) is 3.43. The first-order valence-electron chi connectivity index (χ1n) is 7.41. The number of nitrogens with zero attached hydrogens (tertiary/aromatic N) is 1. The molecule has 1 rings (SSSR count). The Labute approximate surface area is 107 Å². The monoisotopic (exact) mass is 239 g/mol. The number of hydrogen-bond donors (Lipinski definition) is 0. The fourth-order valence-corrected chi connectivity index (χ4v) is 2.32. The first-order valence-corrected chi connectivity index (χ1v) is 7.41. The summed E-state index contributed by atoms with van der Waals surface area (Å²) in [6.45, 7) is 7.50. The zero-order valence-corrected chi connectivity index (χ0v) is 11.9. The highest BCUT2D eigenvalue weighted by molar-refractivity contribution is 5.77. The number of unbranched alkanes of at least 4 members (excludes halogenated alkanes) is 5. The first kappa shape index (κ1) is 14.5. The van der Waals surface area contributed by atoms with Gasteiger partial charge in [-0.3, -0.25) is 0 Å². The van der Waals surface area contributed by atoms with Gasteiger partial charge in [-0.25, -0.2) is 4.99 Å². The fourth-order valence-electron chi connectivity index (χ4n) is 2.32. The Bertz CT molecular complexity index is 225. The van der Waals surface area contributed by atoms with Crippen LogP contribution in [0.25, 0.3) is 0 Å². The number of rotatable bonds is 9. The first-order chi connectivity index (χ1) is 8.22. The van der Waals surface area contributed by atoms with Gasteiger partial charge in [-0.05, 0) is 12.8 Å². The molecule has 0 bridgehead atoms. The van der Waals surface area contributed by atoms with Crippen molar-refractivity contribution in [1.29, 1.82) is 0 Å². The van der Waals surface area contributed by atoms with Gasteiger partial charge < -0.3 is 4.74 Å². The molecule has 0 aliphatic carbocycles. The van der Waals surface area contributed by atoms with Crippen molar-refractivity contribution in [1.82, 2.24) is 0 Å². The summed E-state index contributed by atoms with van der Waals surface area (Å²) in [4.78, 5) is 4.49. The van der Waals surface area contributed by atoms with E-state index in [1.54, 1.807) is 0 Å². The highest BCUT2D eigenvalue weighted by atomic mass is 16.5. The van der Waals surface area contributed by atoms with Gasteiger partial charge >= 0.3 is 0 Å². The molecule has 0 aromatic carbocycles. The van der Waals surface area contributed by atoms with E-state index in [9.17, 15) is 0 Å². The molecule has 1 aliphatic heterocycles. The SMILES string of the molecule is CCCCCCCCC(C)CC1=NC(C)CO1. The second-order valence-corrected chi connectivity index (χ2v) is 5.55. The molecule has 1 aliphatic rings. The van der Waals surface area contributed by atoms with E-state index in [1.807, 2.05) is 0 Å². The minimum atomic E-state index is 0.381. The van der Waals surface area contributed by atoms with Crippen LogP contribution in [0.3, 0.4) is 0 Å². The summed E-state index contributed by atoms with van der Waals surface area (Å²) in [5, 5.41) is 0. The molecule has 2 atom stereocenters. The molecule has 0 amide bonds. The van der Waals surface area contributed by atoms with Gasteiger partial charge in [0.2, 0.25) is 0 Å². The van der Waals surface area contributed by atoms with Crippen molar-refractivity contribution in [3.63, 3.8) is 0 Å². The minimum Gasteiger partial charge on any atom is -0.479 e. The number of aliphatic imine (C=N–C) groups is 1. The van der Waals surface area contributed by atoms with Crippen molar-refractivity contribution in [2.75, 3.05) is 6.61 Å². The van der Waals surface area contributed by atoms with E-state index in [1.165, 1.54) is 44.9 Å². The normalized spacial score (nSPS) is 21.1. The maximum atomic E-state index is 5.55. The Morgan fingerprint density at radius 3 is 2.59 bits per heavy atom. The highest BCUT2D eigenvalue weighted by Gasteiger charge is 2.16. The largest absolute Gasteiger partial charge is 0.479 e. The summed E-state index contributed by atoms with van der Waals surface area (Å²) in [6.07, 6.45) is 10.7. The zero-order chi connectivity index (χ0) is 12.5. The molecular formula is C15H29NO. The van der Waals surface area contributed by atoms with Crippen molar-refractivity contribution < 1.29 is 4.74 Å². The maximum Gasteiger partial charge on any atom is 0.183 e. The summed E-state index contributed by atoms with van der Waals surface area (Å²) in [6, 6.07) is 0.381. The lowest BCUT2D eigenvalue weighted by molar-refractivity contribution is 0.307. The molecule has 0 saturated heterocycles. The summed E-state index contributed by atoms with van der Waals surface area (Å²) in [5.41, 5.74) is 0. The third-order valence-electron chi connectivity index (χ3n) is 3.43. The molecule has 0 saturated carbocycles. The van der Waals surface area contributed by atoms with Crippen LogP contribution in [0.1, 0.15) is 72.1 Å². The molecule has 0 fully saturated rings. The fraction of sp³-hybridized carbons (Fsp3) is 0.933. The van der Waals surface area contributed by atoms with E-state index in [0.29, 0.717) is 6.04 Å². The van der Waals surface area contributed by atoms with Crippen LogP contribution in [-0.2, 0) is 4.74 Å². The minimum absolute atomic E-state index is 0.381. The van der Waals surface area contributed by atoms with Crippen LogP contribution >= 0.6 is 0 Å². The Kier molecular flexibility index (Phi) is 7.30. The van der Waals surface area contributed by atoms with Gasteiger partial charge in [-0.15, -0.1) is 0 Å². The molecule has 2 unspecified atom stereocenters. The molecule has 1 heterocycles. The Morgan fingerprint density at radius 2 is 1.94 bits per heavy atom. The van der Waals surface area contributed by atoms with E-state index in [2.05, 4.69) is 25.8 Å². The van der Waals surface area contributed by atoms with Crippen LogP contribution in [0.4, 0.5) is 0 Å².